The highest BCUT2D eigenvalue weighted by Gasteiger charge is 2.27. The van der Waals surface area contributed by atoms with E-state index in [0.29, 0.717) is 12.0 Å². The number of piperidine rings is 1. The predicted molar refractivity (Wildman–Crippen MR) is 97.2 cm³/mol. The van der Waals surface area contributed by atoms with Gasteiger partial charge < -0.3 is 10.2 Å². The van der Waals surface area contributed by atoms with Crippen LogP contribution in [0, 0.1) is 0 Å². The second kappa shape index (κ2) is 7.31. The first-order valence-corrected chi connectivity index (χ1v) is 9.22. The van der Waals surface area contributed by atoms with E-state index < -0.39 is 0 Å². The molecule has 4 rings (SSSR count). The third-order valence-corrected chi connectivity index (χ3v) is 5.03. The summed E-state index contributed by atoms with van der Waals surface area (Å²) in [4.78, 5) is 11.7. The molecule has 1 atom stereocenters. The predicted octanol–water partition coefficient (Wildman–Crippen LogP) is 3.47. The van der Waals surface area contributed by atoms with Gasteiger partial charge in [-0.2, -0.15) is 0 Å². The van der Waals surface area contributed by atoms with Crippen LogP contribution in [0.5, 0.6) is 0 Å². The minimum absolute atomic E-state index is 0.497. The van der Waals surface area contributed by atoms with E-state index in [9.17, 15) is 0 Å². The fourth-order valence-corrected chi connectivity index (χ4v) is 3.51. The average molecular weight is 322 g/mol. The number of rotatable bonds is 6. The van der Waals surface area contributed by atoms with Crippen LogP contribution in [0.15, 0.2) is 42.6 Å². The molecule has 1 unspecified atom stereocenters. The number of anilines is 1. The summed E-state index contributed by atoms with van der Waals surface area (Å²) < 4.78 is 0. The molecule has 4 heteroatoms. The van der Waals surface area contributed by atoms with Crippen molar-refractivity contribution in [1.29, 1.82) is 0 Å². The Bertz CT molecular complexity index is 654. The third kappa shape index (κ3) is 4.12. The lowest BCUT2D eigenvalue weighted by atomic mass is 10.0. The lowest BCUT2D eigenvalue weighted by Gasteiger charge is -2.33. The Morgan fingerprint density at radius 3 is 2.79 bits per heavy atom. The number of hydrogen-bond donors (Lipinski definition) is 1. The van der Waals surface area contributed by atoms with E-state index in [0.717, 1.165) is 31.2 Å². The Morgan fingerprint density at radius 2 is 1.96 bits per heavy atom. The highest BCUT2D eigenvalue weighted by molar-refractivity contribution is 5.35. The summed E-state index contributed by atoms with van der Waals surface area (Å²) in [7, 11) is 0. The summed E-state index contributed by atoms with van der Waals surface area (Å²) in [5.74, 6) is 2.64. The van der Waals surface area contributed by atoms with Gasteiger partial charge in [0.2, 0.25) is 0 Å². The molecule has 24 heavy (non-hydrogen) atoms. The maximum absolute atomic E-state index is 4.71. The zero-order valence-electron chi connectivity index (χ0n) is 14.2. The Hall–Kier alpha value is -1.94. The molecular formula is C20H26N4. The number of benzene rings is 1. The van der Waals surface area contributed by atoms with Crippen molar-refractivity contribution < 1.29 is 0 Å². The van der Waals surface area contributed by atoms with Crippen LogP contribution in [0.2, 0.25) is 0 Å². The number of likely N-dealkylation sites (tertiary alicyclic amines) is 1. The smallest absolute Gasteiger partial charge is 0.133 e. The van der Waals surface area contributed by atoms with Crippen molar-refractivity contribution in [3.63, 3.8) is 0 Å². The van der Waals surface area contributed by atoms with E-state index in [4.69, 9.17) is 4.98 Å². The van der Waals surface area contributed by atoms with Gasteiger partial charge in [-0.15, -0.1) is 0 Å². The molecule has 1 aromatic carbocycles. The van der Waals surface area contributed by atoms with Gasteiger partial charge in [0.25, 0.3) is 0 Å². The van der Waals surface area contributed by atoms with Gasteiger partial charge >= 0.3 is 0 Å². The Balaban J connectivity index is 1.30. The number of nitrogens with one attached hydrogen (secondary N) is 1. The molecule has 1 saturated heterocycles. The van der Waals surface area contributed by atoms with Crippen molar-refractivity contribution in [2.45, 2.75) is 44.1 Å². The molecule has 0 amide bonds. The largest absolute Gasteiger partial charge is 0.366 e. The fraction of sp³-hybridized carbons (Fsp3) is 0.500. The van der Waals surface area contributed by atoms with E-state index >= 15 is 0 Å². The van der Waals surface area contributed by atoms with Crippen molar-refractivity contribution in [1.82, 2.24) is 14.9 Å². The zero-order chi connectivity index (χ0) is 16.2. The molecule has 1 aliphatic carbocycles. The first kappa shape index (κ1) is 15.6. The normalized spacial score (nSPS) is 21.6. The van der Waals surface area contributed by atoms with Gasteiger partial charge in [-0.1, -0.05) is 30.3 Å². The van der Waals surface area contributed by atoms with Gasteiger partial charge in [-0.3, -0.25) is 0 Å². The molecule has 4 nitrogen and oxygen atoms in total. The fourth-order valence-electron chi connectivity index (χ4n) is 3.51. The summed E-state index contributed by atoms with van der Waals surface area (Å²) in [6, 6.07) is 13.3. The van der Waals surface area contributed by atoms with Crippen LogP contribution in [-0.2, 0) is 6.42 Å². The Labute approximate surface area is 144 Å². The monoisotopic (exact) mass is 322 g/mol. The topological polar surface area (TPSA) is 41.0 Å². The van der Waals surface area contributed by atoms with Crippen molar-refractivity contribution >= 4 is 5.82 Å². The minimum atomic E-state index is 0.497. The summed E-state index contributed by atoms with van der Waals surface area (Å²) in [6.07, 6.45) is 8.02. The molecule has 2 aliphatic rings. The van der Waals surface area contributed by atoms with E-state index in [1.807, 2.05) is 12.3 Å². The molecule has 1 aromatic heterocycles. The molecule has 0 radical (unpaired) electrons. The van der Waals surface area contributed by atoms with Crippen molar-refractivity contribution in [3.05, 3.63) is 54.0 Å². The molecule has 1 N–H and O–H groups in total. The van der Waals surface area contributed by atoms with Gasteiger partial charge in [0.1, 0.15) is 11.6 Å². The first-order valence-electron chi connectivity index (χ1n) is 9.22. The quantitative estimate of drug-likeness (QED) is 0.884. The summed E-state index contributed by atoms with van der Waals surface area (Å²) in [6.45, 7) is 3.46. The van der Waals surface area contributed by atoms with Crippen molar-refractivity contribution in [2.75, 3.05) is 25.0 Å². The van der Waals surface area contributed by atoms with E-state index in [1.54, 1.807) is 0 Å². The van der Waals surface area contributed by atoms with Crippen LogP contribution in [0.3, 0.4) is 0 Å². The average Bonchev–Trinajstić information content (AvgIpc) is 3.47. The molecule has 2 heterocycles. The standard InChI is InChI=1S/C20H26N4/c1-2-5-16(6-3-1)11-14-24-13-4-7-18(15-24)22-19-10-12-21-20(23-19)17-8-9-17/h1-3,5-6,10,12,17-18H,4,7-9,11,13-15H2,(H,21,22,23). The maximum Gasteiger partial charge on any atom is 0.133 e. The summed E-state index contributed by atoms with van der Waals surface area (Å²) >= 11 is 0. The SMILES string of the molecule is c1ccc(CCN2CCCC(Nc3ccnc(C4CC4)n3)C2)cc1. The van der Waals surface area contributed by atoms with Crippen LogP contribution in [0.1, 0.15) is 43.0 Å². The van der Waals surface area contributed by atoms with Crippen LogP contribution < -0.4 is 5.32 Å². The Kier molecular flexibility index (Phi) is 4.74. The Morgan fingerprint density at radius 1 is 1.08 bits per heavy atom. The van der Waals surface area contributed by atoms with Gasteiger partial charge in [0.05, 0.1) is 0 Å². The zero-order valence-corrected chi connectivity index (χ0v) is 14.2. The maximum atomic E-state index is 4.71. The van der Waals surface area contributed by atoms with Crippen LogP contribution in [-0.4, -0.2) is 40.5 Å². The molecule has 2 aromatic rings. The van der Waals surface area contributed by atoms with Gasteiger partial charge in [0, 0.05) is 31.2 Å². The molecule has 1 aliphatic heterocycles. The molecule has 126 valence electrons. The van der Waals surface area contributed by atoms with E-state index in [1.165, 1.54) is 37.8 Å². The van der Waals surface area contributed by atoms with Gasteiger partial charge in [-0.05, 0) is 50.3 Å². The van der Waals surface area contributed by atoms with E-state index in [-0.39, 0.29) is 0 Å². The lowest BCUT2D eigenvalue weighted by molar-refractivity contribution is 0.218. The second-order valence-corrected chi connectivity index (χ2v) is 7.09. The summed E-state index contributed by atoms with van der Waals surface area (Å²) in [5.41, 5.74) is 1.43. The molecule has 0 spiro atoms. The van der Waals surface area contributed by atoms with E-state index in [2.05, 4.69) is 45.5 Å². The second-order valence-electron chi connectivity index (χ2n) is 7.09. The summed E-state index contributed by atoms with van der Waals surface area (Å²) in [5, 5.41) is 3.64. The minimum Gasteiger partial charge on any atom is -0.366 e. The molecule has 0 bridgehead atoms. The van der Waals surface area contributed by atoms with Crippen molar-refractivity contribution in [2.24, 2.45) is 0 Å². The van der Waals surface area contributed by atoms with Crippen molar-refractivity contribution in [3.8, 4) is 0 Å². The number of nitrogens with zero attached hydrogens (tertiary/aromatic N) is 3. The van der Waals surface area contributed by atoms with Gasteiger partial charge in [0.15, 0.2) is 0 Å². The van der Waals surface area contributed by atoms with Crippen LogP contribution in [0.25, 0.3) is 0 Å². The molecule has 1 saturated carbocycles. The third-order valence-electron chi connectivity index (χ3n) is 5.03. The highest BCUT2D eigenvalue weighted by atomic mass is 15.2. The first-order chi connectivity index (χ1) is 11.9. The number of aromatic nitrogens is 2. The van der Waals surface area contributed by atoms with Crippen LogP contribution >= 0.6 is 0 Å². The number of hydrogen-bond acceptors (Lipinski definition) is 4. The molecule has 2 fully saturated rings. The lowest BCUT2D eigenvalue weighted by Crippen LogP contribution is -2.43. The highest BCUT2D eigenvalue weighted by Crippen LogP contribution is 2.38. The van der Waals surface area contributed by atoms with Crippen LogP contribution in [0.4, 0.5) is 5.82 Å². The molecular weight excluding hydrogens is 296 g/mol. The van der Waals surface area contributed by atoms with Gasteiger partial charge in [-0.25, -0.2) is 9.97 Å².